The van der Waals surface area contributed by atoms with Crippen LogP contribution in [0.4, 0.5) is 17.1 Å². The number of benzene rings is 1. The number of hydrogen-bond donors (Lipinski definition) is 1. The van der Waals surface area contributed by atoms with Crippen LogP contribution >= 0.6 is 11.6 Å². The largest absolute Gasteiger partial charge is 0.378 e. The molecule has 1 aliphatic heterocycles. The third-order valence-electron chi connectivity index (χ3n) is 5.07. The van der Waals surface area contributed by atoms with Crippen LogP contribution in [0.25, 0.3) is 0 Å². The Balaban J connectivity index is 1.38. The molecule has 1 saturated heterocycles. The van der Waals surface area contributed by atoms with Crippen molar-refractivity contribution in [3.05, 3.63) is 67.7 Å². The maximum absolute atomic E-state index is 12.2. The minimum absolute atomic E-state index is 0.395. The van der Waals surface area contributed by atoms with Crippen LogP contribution in [0, 0.1) is 6.92 Å². The Labute approximate surface area is 167 Å². The topological polar surface area (TPSA) is 70.5 Å². The van der Waals surface area contributed by atoms with Gasteiger partial charge in [-0.15, -0.1) is 0 Å². The molecule has 7 nitrogen and oxygen atoms in total. The van der Waals surface area contributed by atoms with Crippen molar-refractivity contribution in [1.82, 2.24) is 9.78 Å². The van der Waals surface area contributed by atoms with Gasteiger partial charge in [-0.05, 0) is 31.2 Å². The van der Waals surface area contributed by atoms with Gasteiger partial charge < -0.3 is 15.1 Å². The molecule has 0 atom stereocenters. The van der Waals surface area contributed by atoms with E-state index < -0.39 is 10.9 Å². The second-order valence-electron chi connectivity index (χ2n) is 6.98. The van der Waals surface area contributed by atoms with Gasteiger partial charge in [0.15, 0.2) is 0 Å². The summed E-state index contributed by atoms with van der Waals surface area (Å²) in [6.45, 7) is 6.02. The number of piperazine rings is 1. The average molecular weight is 400 g/mol. The first-order valence-electron chi connectivity index (χ1n) is 9.35. The summed E-state index contributed by atoms with van der Waals surface area (Å²) in [6, 6.07) is 9.69. The fraction of sp³-hybridized carbons (Fsp3) is 0.350. The van der Waals surface area contributed by atoms with Gasteiger partial charge in [-0.3, -0.25) is 14.3 Å². The molecule has 1 fully saturated rings. The summed E-state index contributed by atoms with van der Waals surface area (Å²) in [5.74, 6) is 0. The van der Waals surface area contributed by atoms with Crippen LogP contribution in [0.3, 0.4) is 0 Å². The molecule has 3 aromatic rings. The maximum Gasteiger partial charge on any atom is 0.253 e. The Morgan fingerprint density at radius 1 is 1.07 bits per heavy atom. The third-order valence-corrected chi connectivity index (χ3v) is 5.31. The van der Waals surface area contributed by atoms with E-state index in [0.717, 1.165) is 24.5 Å². The highest BCUT2D eigenvalue weighted by Crippen LogP contribution is 2.25. The Morgan fingerprint density at radius 2 is 1.82 bits per heavy atom. The lowest BCUT2D eigenvalue weighted by Crippen LogP contribution is -2.51. The van der Waals surface area contributed by atoms with E-state index in [-0.39, 0.29) is 0 Å². The van der Waals surface area contributed by atoms with Gasteiger partial charge in [-0.25, -0.2) is 0 Å². The summed E-state index contributed by atoms with van der Waals surface area (Å²) in [4.78, 5) is 28.4. The molecule has 1 aromatic heterocycles. The maximum atomic E-state index is 12.2. The zero-order valence-electron chi connectivity index (χ0n) is 15.7. The molecule has 0 radical (unpaired) electrons. The van der Waals surface area contributed by atoms with Crippen LogP contribution in [-0.2, 0) is 6.54 Å². The predicted octanol–water partition coefficient (Wildman–Crippen LogP) is 1.88. The van der Waals surface area contributed by atoms with Crippen molar-refractivity contribution >= 4 is 28.7 Å². The van der Waals surface area contributed by atoms with Crippen LogP contribution < -0.4 is 26.0 Å². The molecule has 0 bridgehead atoms. The number of hydrogen-bond acceptors (Lipinski definition) is 6. The molecule has 2 aromatic carbocycles. The number of rotatable bonds is 6. The predicted molar refractivity (Wildman–Crippen MR) is 113 cm³/mol. The quantitative estimate of drug-likeness (QED) is 0.638. The van der Waals surface area contributed by atoms with Crippen molar-refractivity contribution in [1.29, 1.82) is 0 Å². The van der Waals surface area contributed by atoms with Crippen molar-refractivity contribution in [2.75, 3.05) is 47.8 Å². The van der Waals surface area contributed by atoms with Crippen LogP contribution in [0.1, 0.15) is 5.69 Å². The SMILES string of the molecule is Cc1ccn(CCNc2c(N3CCN(c4cccc(Cl)c4)CC3)c(=O)c2=O)n1. The number of aryl methyl sites for hydroxylation is 1. The monoisotopic (exact) mass is 399 g/mol. The summed E-state index contributed by atoms with van der Waals surface area (Å²) < 4.78 is 1.82. The molecule has 1 aliphatic rings. The van der Waals surface area contributed by atoms with Crippen LogP contribution in [0.2, 0.25) is 5.02 Å². The Hall–Kier alpha value is -2.80. The second kappa shape index (κ2) is 7.67. The fourth-order valence-electron chi connectivity index (χ4n) is 3.59. The molecule has 146 valence electrons. The summed E-state index contributed by atoms with van der Waals surface area (Å²) >= 11 is 6.08. The first-order chi connectivity index (χ1) is 13.5. The first-order valence-corrected chi connectivity index (χ1v) is 9.73. The van der Waals surface area contributed by atoms with Gasteiger partial charge in [0.05, 0.1) is 12.2 Å². The highest BCUT2D eigenvalue weighted by atomic mass is 35.5. The molecule has 0 spiro atoms. The number of nitrogens with one attached hydrogen (secondary N) is 1. The number of aromatic nitrogens is 2. The Bertz CT molecular complexity index is 1050. The zero-order chi connectivity index (χ0) is 19.7. The lowest BCUT2D eigenvalue weighted by Gasteiger charge is -2.38. The van der Waals surface area contributed by atoms with E-state index in [0.29, 0.717) is 42.6 Å². The number of anilines is 3. The van der Waals surface area contributed by atoms with Gasteiger partial charge in [-0.2, -0.15) is 5.10 Å². The minimum atomic E-state index is -0.427. The Morgan fingerprint density at radius 3 is 2.50 bits per heavy atom. The van der Waals surface area contributed by atoms with Gasteiger partial charge in [0.2, 0.25) is 0 Å². The van der Waals surface area contributed by atoms with Crippen LogP contribution in [0.5, 0.6) is 0 Å². The minimum Gasteiger partial charge on any atom is -0.378 e. The molecule has 8 heteroatoms. The summed E-state index contributed by atoms with van der Waals surface area (Å²) in [5.41, 5.74) is 2.16. The molecule has 0 saturated carbocycles. The molecule has 4 rings (SSSR count). The van der Waals surface area contributed by atoms with E-state index in [1.165, 1.54) is 0 Å². The van der Waals surface area contributed by atoms with Crippen LogP contribution in [0.15, 0.2) is 46.1 Å². The van der Waals surface area contributed by atoms with Crippen LogP contribution in [-0.4, -0.2) is 42.5 Å². The van der Waals surface area contributed by atoms with E-state index >= 15 is 0 Å². The van der Waals surface area contributed by atoms with Crippen molar-refractivity contribution in [3.63, 3.8) is 0 Å². The lowest BCUT2D eigenvalue weighted by atomic mass is 10.1. The van der Waals surface area contributed by atoms with Crippen molar-refractivity contribution in [2.45, 2.75) is 13.5 Å². The molecule has 2 heterocycles. The van der Waals surface area contributed by atoms with E-state index in [4.69, 9.17) is 11.6 Å². The second-order valence-corrected chi connectivity index (χ2v) is 7.42. The number of nitrogens with zero attached hydrogens (tertiary/aromatic N) is 4. The summed E-state index contributed by atoms with van der Waals surface area (Å²) in [5, 5.41) is 8.16. The van der Waals surface area contributed by atoms with Crippen molar-refractivity contribution in [3.8, 4) is 0 Å². The molecule has 28 heavy (non-hydrogen) atoms. The van der Waals surface area contributed by atoms with Crippen molar-refractivity contribution < 1.29 is 0 Å². The average Bonchev–Trinajstić information content (AvgIpc) is 3.12. The Kier molecular flexibility index (Phi) is 5.09. The highest BCUT2D eigenvalue weighted by molar-refractivity contribution is 6.30. The van der Waals surface area contributed by atoms with Crippen molar-refractivity contribution in [2.24, 2.45) is 0 Å². The van der Waals surface area contributed by atoms with E-state index in [9.17, 15) is 9.59 Å². The normalized spacial score (nSPS) is 14.6. The van der Waals surface area contributed by atoms with Gasteiger partial charge in [0.25, 0.3) is 10.9 Å². The van der Waals surface area contributed by atoms with E-state index in [2.05, 4.69) is 15.3 Å². The van der Waals surface area contributed by atoms with Gasteiger partial charge in [0, 0.05) is 49.6 Å². The fourth-order valence-corrected chi connectivity index (χ4v) is 3.77. The van der Waals surface area contributed by atoms with Gasteiger partial charge in [-0.1, -0.05) is 17.7 Å². The van der Waals surface area contributed by atoms with E-state index in [1.54, 1.807) is 0 Å². The summed E-state index contributed by atoms with van der Waals surface area (Å²) in [6.07, 6.45) is 1.90. The van der Waals surface area contributed by atoms with Gasteiger partial charge in [0.1, 0.15) is 11.4 Å². The van der Waals surface area contributed by atoms with E-state index in [1.807, 2.05) is 53.0 Å². The molecule has 0 unspecified atom stereocenters. The summed E-state index contributed by atoms with van der Waals surface area (Å²) in [7, 11) is 0. The zero-order valence-corrected chi connectivity index (χ0v) is 16.4. The molecular weight excluding hydrogens is 378 g/mol. The lowest BCUT2D eigenvalue weighted by molar-refractivity contribution is 0.630. The van der Waals surface area contributed by atoms with Gasteiger partial charge >= 0.3 is 0 Å². The first kappa shape index (κ1) is 18.6. The number of halogens is 1. The molecule has 1 N–H and O–H groups in total. The smallest absolute Gasteiger partial charge is 0.253 e. The molecule has 0 aliphatic carbocycles. The standard InChI is InChI=1S/C20H22ClN5O2/c1-14-5-7-26(23-14)8-6-22-17-18(20(28)19(17)27)25-11-9-24(10-12-25)16-4-2-3-15(21)13-16/h2-5,7,13,22H,6,8-12H2,1H3. The molecular formula is C20H22ClN5O2. The molecule has 0 amide bonds. The third kappa shape index (κ3) is 3.62. The highest BCUT2D eigenvalue weighted by Gasteiger charge is 2.28.